The summed E-state index contributed by atoms with van der Waals surface area (Å²) in [5.74, 6) is 0. The normalized spacial score (nSPS) is 27.6. The predicted molar refractivity (Wildman–Crippen MR) is 66.8 cm³/mol. The highest BCUT2D eigenvalue weighted by molar-refractivity contribution is 7.86. The topological polar surface area (TPSA) is 75.9 Å². The monoisotopic (exact) mass is 265 g/mol. The lowest BCUT2D eigenvalue weighted by Gasteiger charge is -2.37. The second-order valence-corrected chi connectivity index (χ2v) is 6.55. The molecule has 102 valence electrons. The molecular formula is C10H23N3O3S. The fourth-order valence-electron chi connectivity index (χ4n) is 2.04. The number of hydrogen-bond donors (Lipinski definition) is 1. The smallest absolute Gasteiger partial charge is 0.282 e. The molecule has 0 spiro atoms. The summed E-state index contributed by atoms with van der Waals surface area (Å²) in [5.41, 5.74) is 5.83. The van der Waals surface area contributed by atoms with E-state index in [4.69, 9.17) is 10.5 Å². The molecular weight excluding hydrogens is 242 g/mol. The maximum absolute atomic E-state index is 12.3. The zero-order valence-electron chi connectivity index (χ0n) is 10.8. The summed E-state index contributed by atoms with van der Waals surface area (Å²) in [5, 5.41) is 0. The van der Waals surface area contributed by atoms with Crippen molar-refractivity contribution < 1.29 is 13.2 Å². The summed E-state index contributed by atoms with van der Waals surface area (Å²) in [6, 6.07) is 0.0782. The second kappa shape index (κ2) is 6.10. The zero-order chi connectivity index (χ0) is 13.1. The van der Waals surface area contributed by atoms with Crippen molar-refractivity contribution in [2.45, 2.75) is 31.8 Å². The van der Waals surface area contributed by atoms with Crippen LogP contribution in [-0.4, -0.2) is 63.0 Å². The van der Waals surface area contributed by atoms with Gasteiger partial charge in [-0.1, -0.05) is 0 Å². The van der Waals surface area contributed by atoms with Gasteiger partial charge >= 0.3 is 0 Å². The molecule has 6 nitrogen and oxygen atoms in total. The highest BCUT2D eigenvalue weighted by Gasteiger charge is 2.34. The summed E-state index contributed by atoms with van der Waals surface area (Å²) in [6.07, 6.45) is 1.44. The molecule has 1 saturated heterocycles. The van der Waals surface area contributed by atoms with E-state index in [0.717, 1.165) is 12.8 Å². The van der Waals surface area contributed by atoms with Crippen LogP contribution in [0.4, 0.5) is 0 Å². The molecule has 1 fully saturated rings. The first-order chi connectivity index (χ1) is 7.89. The third-order valence-corrected chi connectivity index (χ3v) is 5.26. The van der Waals surface area contributed by atoms with E-state index in [-0.39, 0.29) is 12.1 Å². The number of piperidine rings is 1. The number of nitrogens with zero attached hydrogens (tertiary/aromatic N) is 2. The Morgan fingerprint density at radius 1 is 1.53 bits per heavy atom. The molecule has 1 heterocycles. The molecule has 0 aromatic rings. The van der Waals surface area contributed by atoms with Crippen LogP contribution < -0.4 is 5.73 Å². The summed E-state index contributed by atoms with van der Waals surface area (Å²) >= 11 is 0. The Morgan fingerprint density at radius 2 is 2.18 bits per heavy atom. The third-order valence-electron chi connectivity index (χ3n) is 3.16. The molecule has 0 saturated carbocycles. The summed E-state index contributed by atoms with van der Waals surface area (Å²) < 4.78 is 32.3. The highest BCUT2D eigenvalue weighted by atomic mass is 32.2. The molecule has 0 bridgehead atoms. The van der Waals surface area contributed by atoms with Crippen LogP contribution >= 0.6 is 0 Å². The van der Waals surface area contributed by atoms with E-state index in [9.17, 15) is 8.42 Å². The van der Waals surface area contributed by atoms with Gasteiger partial charge in [-0.15, -0.1) is 0 Å². The highest BCUT2D eigenvalue weighted by Crippen LogP contribution is 2.20. The van der Waals surface area contributed by atoms with Gasteiger partial charge in [-0.2, -0.15) is 17.0 Å². The predicted octanol–water partition coefficient (Wildman–Crippen LogP) is -0.379. The Kier molecular flexibility index (Phi) is 5.33. The number of likely N-dealkylation sites (N-methyl/N-ethyl adjacent to an activating group) is 1. The van der Waals surface area contributed by atoms with Gasteiger partial charge in [0.05, 0.1) is 6.61 Å². The minimum atomic E-state index is -3.38. The molecule has 7 heteroatoms. The molecule has 17 heavy (non-hydrogen) atoms. The van der Waals surface area contributed by atoms with Gasteiger partial charge in [-0.25, -0.2) is 0 Å². The molecule has 0 aromatic heterocycles. The van der Waals surface area contributed by atoms with Gasteiger partial charge in [0.2, 0.25) is 0 Å². The molecule has 0 unspecified atom stereocenters. The Bertz CT molecular complexity index is 334. The molecule has 1 aliphatic heterocycles. The first-order valence-electron chi connectivity index (χ1n) is 5.87. The van der Waals surface area contributed by atoms with E-state index < -0.39 is 10.2 Å². The molecule has 1 rings (SSSR count). The van der Waals surface area contributed by atoms with E-state index in [1.165, 1.54) is 8.61 Å². The zero-order valence-corrected chi connectivity index (χ0v) is 11.6. The third kappa shape index (κ3) is 3.62. The molecule has 2 atom stereocenters. The van der Waals surface area contributed by atoms with Crippen molar-refractivity contribution in [1.82, 2.24) is 8.61 Å². The van der Waals surface area contributed by atoms with E-state index in [1.807, 2.05) is 6.92 Å². The van der Waals surface area contributed by atoms with Gasteiger partial charge in [0.25, 0.3) is 10.2 Å². The van der Waals surface area contributed by atoms with Crippen LogP contribution in [0.2, 0.25) is 0 Å². The number of nitrogens with two attached hydrogens (primary N) is 1. The van der Waals surface area contributed by atoms with Crippen molar-refractivity contribution >= 4 is 10.2 Å². The average molecular weight is 265 g/mol. The Balaban J connectivity index is 2.69. The van der Waals surface area contributed by atoms with Crippen molar-refractivity contribution in [1.29, 1.82) is 0 Å². The largest absolute Gasteiger partial charge is 0.383 e. The minimum absolute atomic E-state index is 0.0336. The summed E-state index contributed by atoms with van der Waals surface area (Å²) in [6.45, 7) is 3.17. The Morgan fingerprint density at radius 3 is 2.71 bits per heavy atom. The van der Waals surface area contributed by atoms with Crippen LogP contribution in [0.1, 0.15) is 19.8 Å². The van der Waals surface area contributed by atoms with Crippen molar-refractivity contribution in [3.63, 3.8) is 0 Å². The second-order valence-electron chi connectivity index (χ2n) is 4.57. The van der Waals surface area contributed by atoms with E-state index in [2.05, 4.69) is 0 Å². The van der Waals surface area contributed by atoms with Crippen LogP contribution in [0.15, 0.2) is 0 Å². The lowest BCUT2D eigenvalue weighted by atomic mass is 10.0. The first-order valence-corrected chi connectivity index (χ1v) is 7.27. The van der Waals surface area contributed by atoms with Crippen LogP contribution in [0.25, 0.3) is 0 Å². The van der Waals surface area contributed by atoms with Crippen LogP contribution in [0.3, 0.4) is 0 Å². The maximum atomic E-state index is 12.3. The van der Waals surface area contributed by atoms with Gasteiger partial charge in [0, 0.05) is 39.3 Å². The maximum Gasteiger partial charge on any atom is 0.282 e. The van der Waals surface area contributed by atoms with Gasteiger partial charge < -0.3 is 10.5 Å². The first kappa shape index (κ1) is 14.8. The Labute approximate surface area is 104 Å². The molecule has 2 N–H and O–H groups in total. The number of rotatable bonds is 5. The standard InChI is InChI=1S/C10H23N3O3S/c1-9-8-10(11)4-5-13(9)17(14,15)12(2)6-7-16-3/h9-10H,4-8,11H2,1-3H3/t9-,10+/m0/s1. The molecule has 0 amide bonds. The summed E-state index contributed by atoms with van der Waals surface area (Å²) in [7, 11) is -0.238. The SMILES string of the molecule is COCCN(C)S(=O)(=O)N1CC[C@@H](N)C[C@@H]1C. The van der Waals surface area contributed by atoms with Crippen LogP contribution in [-0.2, 0) is 14.9 Å². The van der Waals surface area contributed by atoms with Crippen LogP contribution in [0.5, 0.6) is 0 Å². The minimum Gasteiger partial charge on any atom is -0.383 e. The van der Waals surface area contributed by atoms with Crippen molar-refractivity contribution in [2.75, 3.05) is 33.9 Å². The van der Waals surface area contributed by atoms with Crippen LogP contribution in [0, 0.1) is 0 Å². The van der Waals surface area contributed by atoms with Gasteiger partial charge in [0.1, 0.15) is 0 Å². The van der Waals surface area contributed by atoms with Crippen molar-refractivity contribution in [3.8, 4) is 0 Å². The fourth-order valence-corrected chi connectivity index (χ4v) is 3.58. The lowest BCUT2D eigenvalue weighted by Crippen LogP contribution is -2.52. The average Bonchev–Trinajstić information content (AvgIpc) is 2.25. The lowest BCUT2D eigenvalue weighted by molar-refractivity contribution is 0.177. The molecule has 0 aliphatic carbocycles. The van der Waals surface area contributed by atoms with Gasteiger partial charge in [-0.3, -0.25) is 0 Å². The number of methoxy groups -OCH3 is 1. The quantitative estimate of drug-likeness (QED) is 0.735. The van der Waals surface area contributed by atoms with E-state index in [0.29, 0.717) is 19.7 Å². The molecule has 0 radical (unpaired) electrons. The van der Waals surface area contributed by atoms with Crippen molar-refractivity contribution in [2.24, 2.45) is 5.73 Å². The Hall–Kier alpha value is -0.210. The van der Waals surface area contributed by atoms with Gasteiger partial charge in [0.15, 0.2) is 0 Å². The summed E-state index contributed by atoms with van der Waals surface area (Å²) in [4.78, 5) is 0. The molecule has 0 aromatic carbocycles. The number of ether oxygens (including phenoxy) is 1. The van der Waals surface area contributed by atoms with E-state index >= 15 is 0 Å². The van der Waals surface area contributed by atoms with Gasteiger partial charge in [-0.05, 0) is 19.8 Å². The van der Waals surface area contributed by atoms with E-state index in [1.54, 1.807) is 14.2 Å². The number of hydrogen-bond acceptors (Lipinski definition) is 4. The molecule has 1 aliphatic rings. The van der Waals surface area contributed by atoms with Crippen molar-refractivity contribution in [3.05, 3.63) is 0 Å². The fraction of sp³-hybridized carbons (Fsp3) is 1.00.